The van der Waals surface area contributed by atoms with E-state index in [0.717, 1.165) is 0 Å². The molecule has 0 spiro atoms. The van der Waals surface area contributed by atoms with Crippen LogP contribution in [0, 0.1) is 12.7 Å². The van der Waals surface area contributed by atoms with Gasteiger partial charge in [0.25, 0.3) is 0 Å². The second-order valence-electron chi connectivity index (χ2n) is 3.55. The van der Waals surface area contributed by atoms with Crippen molar-refractivity contribution in [3.05, 3.63) is 40.4 Å². The van der Waals surface area contributed by atoms with Gasteiger partial charge in [0, 0.05) is 0 Å². The molecule has 18 heavy (non-hydrogen) atoms. The van der Waals surface area contributed by atoms with Crippen LogP contribution in [0.4, 0.5) is 4.39 Å². The van der Waals surface area contributed by atoms with E-state index in [2.05, 4.69) is 9.89 Å². The van der Waals surface area contributed by atoms with Crippen molar-refractivity contribution in [3.8, 4) is 11.3 Å². The lowest BCUT2D eigenvalue weighted by Gasteiger charge is -2.04. The third kappa shape index (κ3) is 1.97. The third-order valence-corrected chi connectivity index (χ3v) is 2.77. The van der Waals surface area contributed by atoms with Crippen LogP contribution in [0.3, 0.4) is 0 Å². The maximum Gasteiger partial charge on any atom is 0.343 e. The molecular weight excluding hydrogens is 261 g/mol. The first-order valence-corrected chi connectivity index (χ1v) is 5.43. The number of hydrogen-bond donors (Lipinski definition) is 0. The number of halogens is 2. The highest BCUT2D eigenvalue weighted by atomic mass is 35.5. The average Bonchev–Trinajstić information content (AvgIpc) is 2.70. The quantitative estimate of drug-likeness (QED) is 0.786. The normalized spacial score (nSPS) is 10.4. The summed E-state index contributed by atoms with van der Waals surface area (Å²) >= 11 is 5.92. The molecule has 2 rings (SSSR count). The highest BCUT2D eigenvalue weighted by Crippen LogP contribution is 2.33. The predicted octanol–water partition coefficient (Wildman–Crippen LogP) is 3.23. The van der Waals surface area contributed by atoms with Gasteiger partial charge in [-0.3, -0.25) is 0 Å². The summed E-state index contributed by atoms with van der Waals surface area (Å²) in [6.45, 7) is 1.54. The zero-order valence-corrected chi connectivity index (χ0v) is 10.4. The van der Waals surface area contributed by atoms with Gasteiger partial charge in [-0.1, -0.05) is 22.8 Å². The van der Waals surface area contributed by atoms with Crippen molar-refractivity contribution in [2.45, 2.75) is 6.92 Å². The number of aromatic nitrogens is 1. The number of methoxy groups -OCH3 is 1. The van der Waals surface area contributed by atoms with E-state index in [0.29, 0.717) is 0 Å². The van der Waals surface area contributed by atoms with Gasteiger partial charge in [-0.15, -0.1) is 0 Å². The second kappa shape index (κ2) is 4.78. The number of carbonyl (C=O) groups is 1. The predicted molar refractivity (Wildman–Crippen MR) is 63.0 cm³/mol. The molecule has 2 aromatic rings. The molecule has 0 unspecified atom stereocenters. The molecule has 0 bridgehead atoms. The molecule has 6 heteroatoms. The van der Waals surface area contributed by atoms with Gasteiger partial charge >= 0.3 is 5.97 Å². The monoisotopic (exact) mass is 269 g/mol. The lowest BCUT2D eigenvalue weighted by atomic mass is 10.1. The molecule has 0 atom stereocenters. The highest BCUT2D eigenvalue weighted by molar-refractivity contribution is 6.33. The van der Waals surface area contributed by atoms with Gasteiger partial charge in [0.2, 0.25) is 0 Å². The number of carbonyl (C=O) groups excluding carboxylic acids is 1. The maximum absolute atomic E-state index is 13.8. The number of rotatable bonds is 2. The SMILES string of the molecule is COC(=O)c1c(-c2c(F)cccc2Cl)noc1C. The van der Waals surface area contributed by atoms with Gasteiger partial charge in [-0.25, -0.2) is 9.18 Å². The number of aryl methyl sites for hydroxylation is 1. The summed E-state index contributed by atoms with van der Waals surface area (Å²) in [6, 6.07) is 4.20. The zero-order chi connectivity index (χ0) is 13.3. The summed E-state index contributed by atoms with van der Waals surface area (Å²) in [4.78, 5) is 11.6. The number of ether oxygens (including phenoxy) is 1. The van der Waals surface area contributed by atoms with E-state index < -0.39 is 11.8 Å². The minimum Gasteiger partial charge on any atom is -0.465 e. The fraction of sp³-hybridized carbons (Fsp3) is 0.167. The van der Waals surface area contributed by atoms with Crippen LogP contribution in [0.5, 0.6) is 0 Å². The van der Waals surface area contributed by atoms with E-state index in [1.807, 2.05) is 0 Å². The minimum absolute atomic E-state index is 0.0245. The molecule has 0 aliphatic rings. The van der Waals surface area contributed by atoms with Crippen LogP contribution in [-0.2, 0) is 4.74 Å². The largest absolute Gasteiger partial charge is 0.465 e. The number of nitrogens with zero attached hydrogens (tertiary/aromatic N) is 1. The molecule has 0 radical (unpaired) electrons. The van der Waals surface area contributed by atoms with Crippen LogP contribution in [0.25, 0.3) is 11.3 Å². The molecule has 0 saturated carbocycles. The van der Waals surface area contributed by atoms with E-state index >= 15 is 0 Å². The first-order valence-electron chi connectivity index (χ1n) is 5.05. The van der Waals surface area contributed by atoms with Crippen LogP contribution < -0.4 is 0 Å². The Morgan fingerprint density at radius 3 is 2.83 bits per heavy atom. The number of benzene rings is 1. The van der Waals surface area contributed by atoms with Crippen molar-refractivity contribution in [2.24, 2.45) is 0 Å². The topological polar surface area (TPSA) is 52.3 Å². The van der Waals surface area contributed by atoms with E-state index in [4.69, 9.17) is 16.1 Å². The molecular formula is C12H9ClFNO3. The zero-order valence-electron chi connectivity index (χ0n) is 9.66. The van der Waals surface area contributed by atoms with Crippen LogP contribution in [0.1, 0.15) is 16.1 Å². The Bertz CT molecular complexity index is 589. The Labute approximate surface area is 107 Å². The lowest BCUT2D eigenvalue weighted by Crippen LogP contribution is -2.04. The van der Waals surface area contributed by atoms with Crippen molar-refractivity contribution >= 4 is 17.6 Å². The summed E-state index contributed by atoms with van der Waals surface area (Å²) in [5.74, 6) is -0.986. The van der Waals surface area contributed by atoms with Gasteiger partial charge in [0.05, 0.1) is 17.7 Å². The fourth-order valence-corrected chi connectivity index (χ4v) is 1.86. The molecule has 0 amide bonds. The molecule has 1 heterocycles. The van der Waals surface area contributed by atoms with Crippen LogP contribution in [0.2, 0.25) is 5.02 Å². The molecule has 0 fully saturated rings. The fourth-order valence-electron chi connectivity index (χ4n) is 1.61. The van der Waals surface area contributed by atoms with E-state index in [1.165, 1.54) is 32.2 Å². The summed E-state index contributed by atoms with van der Waals surface area (Å²) in [5, 5.41) is 3.82. The van der Waals surface area contributed by atoms with Crippen molar-refractivity contribution in [2.75, 3.05) is 7.11 Å². The number of esters is 1. The Hall–Kier alpha value is -1.88. The van der Waals surface area contributed by atoms with Crippen LogP contribution in [-0.4, -0.2) is 18.2 Å². The van der Waals surface area contributed by atoms with Crippen LogP contribution in [0.15, 0.2) is 22.7 Å². The van der Waals surface area contributed by atoms with Gasteiger partial charge in [0.1, 0.15) is 22.8 Å². The Morgan fingerprint density at radius 2 is 2.22 bits per heavy atom. The molecule has 94 valence electrons. The average molecular weight is 270 g/mol. The highest BCUT2D eigenvalue weighted by Gasteiger charge is 2.25. The summed E-state index contributed by atoms with van der Waals surface area (Å²) in [7, 11) is 1.22. The van der Waals surface area contributed by atoms with Crippen molar-refractivity contribution in [1.29, 1.82) is 0 Å². The van der Waals surface area contributed by atoms with E-state index in [9.17, 15) is 9.18 Å². The molecule has 0 N–H and O–H groups in total. The molecule has 1 aromatic carbocycles. The summed E-state index contributed by atoms with van der Waals surface area (Å²) < 4.78 is 23.3. The Kier molecular flexibility index (Phi) is 3.34. The van der Waals surface area contributed by atoms with Crippen molar-refractivity contribution in [1.82, 2.24) is 5.16 Å². The van der Waals surface area contributed by atoms with E-state index in [1.54, 1.807) is 0 Å². The Balaban J connectivity index is 2.69. The van der Waals surface area contributed by atoms with Gasteiger partial charge < -0.3 is 9.26 Å². The molecule has 4 nitrogen and oxygen atoms in total. The summed E-state index contributed by atoms with van der Waals surface area (Å²) in [5.41, 5.74) is 0.142. The van der Waals surface area contributed by atoms with Crippen LogP contribution >= 0.6 is 11.6 Å². The Morgan fingerprint density at radius 1 is 1.50 bits per heavy atom. The van der Waals surface area contributed by atoms with Crippen molar-refractivity contribution < 1.29 is 18.4 Å². The van der Waals surface area contributed by atoms with Gasteiger partial charge in [0.15, 0.2) is 0 Å². The molecule has 0 saturated heterocycles. The smallest absolute Gasteiger partial charge is 0.343 e. The second-order valence-corrected chi connectivity index (χ2v) is 3.96. The van der Waals surface area contributed by atoms with Crippen molar-refractivity contribution in [3.63, 3.8) is 0 Å². The van der Waals surface area contributed by atoms with E-state index in [-0.39, 0.29) is 27.6 Å². The minimum atomic E-state index is -0.650. The third-order valence-electron chi connectivity index (χ3n) is 2.45. The first-order chi connectivity index (χ1) is 8.56. The molecule has 1 aromatic heterocycles. The molecule has 0 aliphatic carbocycles. The first kappa shape index (κ1) is 12.6. The molecule has 0 aliphatic heterocycles. The lowest BCUT2D eigenvalue weighted by molar-refractivity contribution is 0.0599. The number of hydrogen-bond acceptors (Lipinski definition) is 4. The standard InChI is InChI=1S/C12H9ClFNO3/c1-6-9(12(16)17-2)11(15-18-6)10-7(13)4-3-5-8(10)14/h3-5H,1-2H3. The van der Waals surface area contributed by atoms with Gasteiger partial charge in [-0.2, -0.15) is 0 Å². The maximum atomic E-state index is 13.8. The van der Waals surface area contributed by atoms with Gasteiger partial charge in [-0.05, 0) is 19.1 Å². The summed E-state index contributed by atoms with van der Waals surface area (Å²) in [6.07, 6.45) is 0.